The van der Waals surface area contributed by atoms with Crippen LogP contribution in [-0.4, -0.2) is 29.8 Å². The molecule has 1 aromatic carbocycles. The molecule has 190 valence electrons. The number of hydrogen-bond acceptors (Lipinski definition) is 4. The molecule has 4 nitrogen and oxygen atoms in total. The van der Waals surface area contributed by atoms with Gasteiger partial charge in [-0.3, -0.25) is 0 Å². The Labute approximate surface area is 208 Å². The van der Waals surface area contributed by atoms with Crippen LogP contribution in [0.3, 0.4) is 0 Å². The van der Waals surface area contributed by atoms with Gasteiger partial charge in [-0.2, -0.15) is 0 Å². The summed E-state index contributed by atoms with van der Waals surface area (Å²) in [6.45, 7) is 9.24. The summed E-state index contributed by atoms with van der Waals surface area (Å²) in [5, 5.41) is 0. The van der Waals surface area contributed by atoms with Crippen LogP contribution in [0.1, 0.15) is 116 Å². The molecule has 0 saturated heterocycles. The van der Waals surface area contributed by atoms with Crippen molar-refractivity contribution in [1.82, 2.24) is 9.97 Å². The number of nitrogens with zero attached hydrogens (tertiary/aromatic N) is 2. The van der Waals surface area contributed by atoms with Gasteiger partial charge in [-0.1, -0.05) is 109 Å². The van der Waals surface area contributed by atoms with E-state index in [1.807, 2.05) is 0 Å². The maximum Gasteiger partial charge on any atom is 0.159 e. The molecule has 0 N–H and O–H groups in total. The minimum atomic E-state index is 0.484. The monoisotopic (exact) mass is 468 g/mol. The zero-order valence-corrected chi connectivity index (χ0v) is 22.1. The predicted octanol–water partition coefficient (Wildman–Crippen LogP) is 8.75. The predicted molar refractivity (Wildman–Crippen MR) is 144 cm³/mol. The van der Waals surface area contributed by atoms with Crippen LogP contribution in [0, 0.1) is 0 Å². The van der Waals surface area contributed by atoms with Crippen LogP contribution in [0.2, 0.25) is 0 Å². The smallest absolute Gasteiger partial charge is 0.159 e. The fourth-order valence-electron chi connectivity index (χ4n) is 4.09. The molecule has 0 fully saturated rings. The zero-order valence-electron chi connectivity index (χ0n) is 22.1. The van der Waals surface area contributed by atoms with Crippen molar-refractivity contribution in [3.05, 3.63) is 42.2 Å². The quantitative estimate of drug-likeness (QED) is 0.182. The molecule has 0 radical (unpaired) electrons. The summed E-state index contributed by atoms with van der Waals surface area (Å²) >= 11 is 0. The highest BCUT2D eigenvalue weighted by Gasteiger charge is 2.08. The van der Waals surface area contributed by atoms with E-state index in [0.717, 1.165) is 49.8 Å². The van der Waals surface area contributed by atoms with Crippen LogP contribution in [-0.2, 0) is 4.74 Å². The molecule has 1 unspecified atom stereocenters. The third-order valence-corrected chi connectivity index (χ3v) is 6.47. The Morgan fingerprint density at radius 2 is 1.24 bits per heavy atom. The minimum Gasteiger partial charge on any atom is -0.490 e. The van der Waals surface area contributed by atoms with Crippen LogP contribution in [0.25, 0.3) is 11.4 Å². The van der Waals surface area contributed by atoms with Gasteiger partial charge in [-0.05, 0) is 30.7 Å². The SMILES string of the molecule is CCCCCCCCCCOc1cnc(-c2ccc(C(C)CCOCCCCCC)cc2)nc1. The minimum absolute atomic E-state index is 0.484. The summed E-state index contributed by atoms with van der Waals surface area (Å²) in [4.78, 5) is 9.03. The average molecular weight is 469 g/mol. The summed E-state index contributed by atoms with van der Waals surface area (Å²) in [7, 11) is 0. The number of hydrogen-bond donors (Lipinski definition) is 0. The molecule has 4 heteroatoms. The highest BCUT2D eigenvalue weighted by atomic mass is 16.5. The molecule has 0 aliphatic rings. The first-order valence-corrected chi connectivity index (χ1v) is 13.9. The molecule has 1 aromatic heterocycles. The van der Waals surface area contributed by atoms with Gasteiger partial charge in [0.05, 0.1) is 19.0 Å². The summed E-state index contributed by atoms with van der Waals surface area (Å²) < 4.78 is 11.6. The highest BCUT2D eigenvalue weighted by molar-refractivity contribution is 5.55. The zero-order chi connectivity index (χ0) is 24.3. The molecule has 1 heterocycles. The molecule has 0 saturated carbocycles. The lowest BCUT2D eigenvalue weighted by Gasteiger charge is -2.13. The Morgan fingerprint density at radius 3 is 1.88 bits per heavy atom. The number of unbranched alkanes of at least 4 members (excludes halogenated alkanes) is 10. The third-order valence-electron chi connectivity index (χ3n) is 6.47. The van der Waals surface area contributed by atoms with Gasteiger partial charge >= 0.3 is 0 Å². The highest BCUT2D eigenvalue weighted by Crippen LogP contribution is 2.23. The van der Waals surface area contributed by atoms with Gasteiger partial charge in [0.1, 0.15) is 0 Å². The first-order valence-electron chi connectivity index (χ1n) is 13.9. The van der Waals surface area contributed by atoms with Crippen molar-refractivity contribution in [1.29, 1.82) is 0 Å². The second-order valence-electron chi connectivity index (χ2n) is 9.55. The van der Waals surface area contributed by atoms with Crippen LogP contribution >= 0.6 is 0 Å². The lowest BCUT2D eigenvalue weighted by atomic mass is 9.97. The molecule has 0 aliphatic heterocycles. The van der Waals surface area contributed by atoms with Gasteiger partial charge in [0.25, 0.3) is 0 Å². The van der Waals surface area contributed by atoms with E-state index < -0.39 is 0 Å². The standard InChI is InChI=1S/C30H48N2O2/c1-4-6-8-10-11-12-13-15-22-34-29-24-31-30(32-25-29)28-18-16-27(17-19-28)26(3)20-23-33-21-14-9-7-5-2/h16-19,24-26H,4-15,20-23H2,1-3H3. The molecular formula is C30H48N2O2. The van der Waals surface area contributed by atoms with Crippen LogP contribution in [0.15, 0.2) is 36.7 Å². The Hall–Kier alpha value is -1.94. The topological polar surface area (TPSA) is 44.2 Å². The van der Waals surface area contributed by atoms with Crippen molar-refractivity contribution in [2.75, 3.05) is 19.8 Å². The van der Waals surface area contributed by atoms with Gasteiger partial charge < -0.3 is 9.47 Å². The van der Waals surface area contributed by atoms with E-state index in [1.54, 1.807) is 12.4 Å². The Kier molecular flexibility index (Phi) is 15.3. The van der Waals surface area contributed by atoms with Crippen molar-refractivity contribution in [2.24, 2.45) is 0 Å². The molecule has 0 bridgehead atoms. The van der Waals surface area contributed by atoms with Crippen LogP contribution in [0.5, 0.6) is 5.75 Å². The lowest BCUT2D eigenvalue weighted by molar-refractivity contribution is 0.124. The van der Waals surface area contributed by atoms with Gasteiger partial charge in [0.2, 0.25) is 0 Å². The summed E-state index contributed by atoms with van der Waals surface area (Å²) in [5.74, 6) is 1.98. The fraction of sp³-hybridized carbons (Fsp3) is 0.667. The Balaban J connectivity index is 1.64. The van der Waals surface area contributed by atoms with Crippen molar-refractivity contribution in [2.45, 2.75) is 110 Å². The summed E-state index contributed by atoms with van der Waals surface area (Å²) in [5.41, 5.74) is 2.38. The molecule has 2 rings (SSSR count). The largest absolute Gasteiger partial charge is 0.490 e. The van der Waals surface area contributed by atoms with Crippen LogP contribution < -0.4 is 4.74 Å². The first-order chi connectivity index (χ1) is 16.7. The van der Waals surface area contributed by atoms with E-state index in [9.17, 15) is 0 Å². The molecule has 0 aliphatic carbocycles. The van der Waals surface area contributed by atoms with Gasteiger partial charge in [0, 0.05) is 18.8 Å². The fourth-order valence-corrected chi connectivity index (χ4v) is 4.09. The number of aromatic nitrogens is 2. The average Bonchev–Trinajstić information content (AvgIpc) is 2.87. The van der Waals surface area contributed by atoms with Gasteiger partial charge in [0.15, 0.2) is 11.6 Å². The van der Waals surface area contributed by atoms with E-state index in [-0.39, 0.29) is 0 Å². The van der Waals surface area contributed by atoms with Crippen molar-refractivity contribution >= 4 is 0 Å². The molecule has 2 aromatic rings. The van der Waals surface area contributed by atoms with Crippen molar-refractivity contribution < 1.29 is 9.47 Å². The maximum atomic E-state index is 5.83. The molecule has 34 heavy (non-hydrogen) atoms. The molecule has 0 amide bonds. The molecule has 0 spiro atoms. The van der Waals surface area contributed by atoms with Crippen molar-refractivity contribution in [3.63, 3.8) is 0 Å². The Bertz CT molecular complexity index is 730. The van der Waals surface area contributed by atoms with E-state index >= 15 is 0 Å². The normalized spacial score (nSPS) is 12.1. The lowest BCUT2D eigenvalue weighted by Crippen LogP contribution is -2.02. The second-order valence-corrected chi connectivity index (χ2v) is 9.55. The number of ether oxygens (including phenoxy) is 2. The number of rotatable bonds is 20. The Morgan fingerprint density at radius 1 is 0.676 bits per heavy atom. The van der Waals surface area contributed by atoms with Gasteiger partial charge in [-0.25, -0.2) is 9.97 Å². The maximum absolute atomic E-state index is 5.83. The van der Waals surface area contributed by atoms with E-state index in [0.29, 0.717) is 5.92 Å². The first kappa shape index (κ1) is 28.3. The summed E-state index contributed by atoms with van der Waals surface area (Å²) in [6, 6.07) is 8.62. The molecule has 1 atom stereocenters. The van der Waals surface area contributed by atoms with E-state index in [1.165, 1.54) is 76.2 Å². The van der Waals surface area contributed by atoms with Crippen LogP contribution in [0.4, 0.5) is 0 Å². The second kappa shape index (κ2) is 18.4. The van der Waals surface area contributed by atoms with Crippen molar-refractivity contribution in [3.8, 4) is 17.1 Å². The third kappa shape index (κ3) is 12.0. The number of benzene rings is 1. The molecular weight excluding hydrogens is 420 g/mol. The van der Waals surface area contributed by atoms with Gasteiger partial charge in [-0.15, -0.1) is 0 Å². The van der Waals surface area contributed by atoms with E-state index in [2.05, 4.69) is 55.0 Å². The summed E-state index contributed by atoms with van der Waals surface area (Å²) in [6.07, 6.45) is 20.1. The van der Waals surface area contributed by atoms with E-state index in [4.69, 9.17) is 9.47 Å².